The number of rotatable bonds is 5. The molecule has 22 heavy (non-hydrogen) atoms. The van der Waals surface area contributed by atoms with Crippen LogP contribution in [-0.4, -0.2) is 16.8 Å². The van der Waals surface area contributed by atoms with Crippen molar-refractivity contribution in [1.82, 2.24) is 10.3 Å². The maximum Gasteiger partial charge on any atom is 0.244 e. The molecule has 0 bridgehead atoms. The molecule has 0 aliphatic heterocycles. The van der Waals surface area contributed by atoms with Crippen LogP contribution in [-0.2, 0) is 16.1 Å². The van der Waals surface area contributed by atoms with Gasteiger partial charge in [-0.25, -0.2) is 0 Å². The zero-order valence-corrected chi connectivity index (χ0v) is 12.2. The Hall–Kier alpha value is -2.95. The minimum absolute atomic E-state index is 0.124. The summed E-state index contributed by atoms with van der Waals surface area (Å²) < 4.78 is 0. The lowest BCUT2D eigenvalue weighted by Gasteiger charge is -2.06. The third kappa shape index (κ3) is 5.20. The molecule has 5 nitrogen and oxygen atoms in total. The molecule has 0 radical (unpaired) electrons. The Kier molecular flexibility index (Phi) is 5.43. The first-order valence-electron chi connectivity index (χ1n) is 6.86. The second-order valence-corrected chi connectivity index (χ2v) is 4.72. The number of amides is 2. The highest BCUT2D eigenvalue weighted by Crippen LogP contribution is 2.10. The first-order valence-corrected chi connectivity index (χ1v) is 6.86. The van der Waals surface area contributed by atoms with Crippen LogP contribution in [0.15, 0.2) is 54.9 Å². The molecule has 1 aromatic heterocycles. The lowest BCUT2D eigenvalue weighted by atomic mass is 10.2. The normalized spacial score (nSPS) is 10.4. The van der Waals surface area contributed by atoms with Gasteiger partial charge in [0.15, 0.2) is 0 Å². The zero-order chi connectivity index (χ0) is 15.8. The first kappa shape index (κ1) is 15.4. The average Bonchev–Trinajstić information content (AvgIpc) is 2.52. The van der Waals surface area contributed by atoms with E-state index in [2.05, 4.69) is 15.6 Å². The largest absolute Gasteiger partial charge is 0.348 e. The van der Waals surface area contributed by atoms with Crippen LogP contribution in [0.1, 0.15) is 18.1 Å². The van der Waals surface area contributed by atoms with Crippen molar-refractivity contribution >= 4 is 23.6 Å². The fourth-order valence-corrected chi connectivity index (χ4v) is 1.86. The molecule has 5 heteroatoms. The van der Waals surface area contributed by atoms with Crippen molar-refractivity contribution in [2.24, 2.45) is 0 Å². The molecule has 0 atom stereocenters. The summed E-state index contributed by atoms with van der Waals surface area (Å²) in [6.07, 6.45) is 6.53. The van der Waals surface area contributed by atoms with E-state index < -0.39 is 0 Å². The number of anilines is 1. The number of hydrogen-bond donors (Lipinski definition) is 2. The lowest BCUT2D eigenvalue weighted by molar-refractivity contribution is -0.116. The summed E-state index contributed by atoms with van der Waals surface area (Å²) in [7, 11) is 0. The summed E-state index contributed by atoms with van der Waals surface area (Å²) in [6, 6.07) is 11.0. The molecule has 1 heterocycles. The molecule has 1 aromatic carbocycles. The molecule has 0 saturated carbocycles. The quantitative estimate of drug-likeness (QED) is 0.832. The summed E-state index contributed by atoms with van der Waals surface area (Å²) in [5, 5.41) is 5.50. The van der Waals surface area contributed by atoms with Crippen molar-refractivity contribution in [3.8, 4) is 0 Å². The van der Waals surface area contributed by atoms with Crippen LogP contribution in [0.25, 0.3) is 6.08 Å². The van der Waals surface area contributed by atoms with Crippen LogP contribution in [0.3, 0.4) is 0 Å². The molecule has 0 aliphatic carbocycles. The first-order chi connectivity index (χ1) is 10.6. The van der Waals surface area contributed by atoms with Gasteiger partial charge >= 0.3 is 0 Å². The molecule has 0 spiro atoms. The van der Waals surface area contributed by atoms with E-state index in [4.69, 9.17) is 0 Å². The van der Waals surface area contributed by atoms with Crippen molar-refractivity contribution in [2.45, 2.75) is 13.5 Å². The zero-order valence-electron chi connectivity index (χ0n) is 12.2. The molecule has 2 amide bonds. The predicted octanol–water partition coefficient (Wildman–Crippen LogP) is 2.37. The number of pyridine rings is 1. The number of nitrogens with one attached hydrogen (secondary N) is 2. The smallest absolute Gasteiger partial charge is 0.244 e. The van der Waals surface area contributed by atoms with Gasteiger partial charge < -0.3 is 10.6 Å². The standard InChI is InChI=1S/C17H17N3O2/c1-13(21)20-16-6-2-4-15(10-16)12-19-17(22)8-7-14-5-3-9-18-11-14/h2-11H,12H2,1H3,(H,19,22)(H,20,21)/b8-7+. The molecule has 0 aliphatic rings. The summed E-state index contributed by atoms with van der Waals surface area (Å²) in [5.74, 6) is -0.311. The van der Waals surface area contributed by atoms with Crippen molar-refractivity contribution in [3.63, 3.8) is 0 Å². The molecule has 0 unspecified atom stereocenters. The Morgan fingerprint density at radius 1 is 1.23 bits per heavy atom. The predicted molar refractivity (Wildman–Crippen MR) is 85.9 cm³/mol. The van der Waals surface area contributed by atoms with Crippen molar-refractivity contribution in [2.75, 3.05) is 5.32 Å². The van der Waals surface area contributed by atoms with E-state index in [0.717, 1.165) is 11.1 Å². The molecule has 2 aromatic rings. The van der Waals surface area contributed by atoms with E-state index in [1.807, 2.05) is 30.3 Å². The summed E-state index contributed by atoms with van der Waals surface area (Å²) in [5.41, 5.74) is 2.49. The Labute approximate surface area is 129 Å². The van der Waals surface area contributed by atoms with Gasteiger partial charge in [-0.1, -0.05) is 18.2 Å². The van der Waals surface area contributed by atoms with E-state index in [0.29, 0.717) is 12.2 Å². The van der Waals surface area contributed by atoms with Crippen LogP contribution >= 0.6 is 0 Å². The molecule has 0 fully saturated rings. The van der Waals surface area contributed by atoms with Gasteiger partial charge in [-0.3, -0.25) is 14.6 Å². The van der Waals surface area contributed by atoms with Crippen LogP contribution in [0.2, 0.25) is 0 Å². The van der Waals surface area contributed by atoms with Gasteiger partial charge in [0.2, 0.25) is 11.8 Å². The van der Waals surface area contributed by atoms with Gasteiger partial charge in [0.25, 0.3) is 0 Å². The summed E-state index contributed by atoms with van der Waals surface area (Å²) >= 11 is 0. The van der Waals surface area contributed by atoms with Gasteiger partial charge in [-0.2, -0.15) is 0 Å². The number of benzene rings is 1. The number of carbonyl (C=O) groups is 2. The highest BCUT2D eigenvalue weighted by molar-refractivity contribution is 5.91. The van der Waals surface area contributed by atoms with Gasteiger partial charge in [-0.05, 0) is 35.4 Å². The van der Waals surface area contributed by atoms with Crippen molar-refractivity contribution < 1.29 is 9.59 Å². The SMILES string of the molecule is CC(=O)Nc1cccc(CNC(=O)/C=C/c2cccnc2)c1. The molecular formula is C17H17N3O2. The maximum atomic E-state index is 11.8. The van der Waals surface area contributed by atoms with Crippen LogP contribution < -0.4 is 10.6 Å². The minimum Gasteiger partial charge on any atom is -0.348 e. The number of nitrogens with zero attached hydrogens (tertiary/aromatic N) is 1. The van der Waals surface area contributed by atoms with Crippen LogP contribution in [0, 0.1) is 0 Å². The van der Waals surface area contributed by atoms with Crippen LogP contribution in [0.4, 0.5) is 5.69 Å². The highest BCUT2D eigenvalue weighted by Gasteiger charge is 2.00. The second kappa shape index (κ2) is 7.73. The number of hydrogen-bond acceptors (Lipinski definition) is 3. The van der Waals surface area contributed by atoms with E-state index >= 15 is 0 Å². The van der Waals surface area contributed by atoms with Gasteiger partial charge in [0.05, 0.1) is 0 Å². The lowest BCUT2D eigenvalue weighted by Crippen LogP contribution is -2.20. The topological polar surface area (TPSA) is 71.1 Å². The molecule has 112 valence electrons. The average molecular weight is 295 g/mol. The van der Waals surface area contributed by atoms with Gasteiger partial charge in [0.1, 0.15) is 0 Å². The summed E-state index contributed by atoms with van der Waals surface area (Å²) in [6.45, 7) is 1.85. The fourth-order valence-electron chi connectivity index (χ4n) is 1.86. The number of aromatic nitrogens is 1. The minimum atomic E-state index is -0.186. The highest BCUT2D eigenvalue weighted by atomic mass is 16.2. The Balaban J connectivity index is 1.88. The van der Waals surface area contributed by atoms with E-state index in [1.165, 1.54) is 13.0 Å². The van der Waals surface area contributed by atoms with E-state index in [1.54, 1.807) is 24.5 Å². The maximum absolute atomic E-state index is 11.8. The Bertz CT molecular complexity index is 681. The van der Waals surface area contributed by atoms with E-state index in [-0.39, 0.29) is 11.8 Å². The molecule has 2 N–H and O–H groups in total. The van der Waals surface area contributed by atoms with Gasteiger partial charge in [0, 0.05) is 37.6 Å². The third-order valence-corrected chi connectivity index (χ3v) is 2.83. The Morgan fingerprint density at radius 3 is 2.82 bits per heavy atom. The van der Waals surface area contributed by atoms with Crippen molar-refractivity contribution in [1.29, 1.82) is 0 Å². The molecule has 2 rings (SSSR count). The molecule has 0 saturated heterocycles. The second-order valence-electron chi connectivity index (χ2n) is 4.72. The van der Waals surface area contributed by atoms with E-state index in [9.17, 15) is 9.59 Å². The third-order valence-electron chi connectivity index (χ3n) is 2.83. The van der Waals surface area contributed by atoms with Crippen molar-refractivity contribution in [3.05, 3.63) is 66.0 Å². The van der Waals surface area contributed by atoms with Crippen LogP contribution in [0.5, 0.6) is 0 Å². The Morgan fingerprint density at radius 2 is 2.09 bits per heavy atom. The van der Waals surface area contributed by atoms with Gasteiger partial charge in [-0.15, -0.1) is 0 Å². The monoisotopic (exact) mass is 295 g/mol. The number of carbonyl (C=O) groups excluding carboxylic acids is 2. The fraction of sp³-hybridized carbons (Fsp3) is 0.118. The summed E-state index contributed by atoms with van der Waals surface area (Å²) in [4.78, 5) is 26.8. The molecular weight excluding hydrogens is 278 g/mol.